The first kappa shape index (κ1) is 16.5. The van der Waals surface area contributed by atoms with Gasteiger partial charge in [0.25, 0.3) is 0 Å². The fourth-order valence-electron chi connectivity index (χ4n) is 1.49. The van der Waals surface area contributed by atoms with Gasteiger partial charge in [-0.25, -0.2) is 0 Å². The molecule has 20 heavy (non-hydrogen) atoms. The van der Waals surface area contributed by atoms with Gasteiger partial charge in [0.2, 0.25) is 0 Å². The topological polar surface area (TPSA) is 72.8 Å². The molecule has 1 aromatic carbocycles. The first-order chi connectivity index (χ1) is 9.40. The fourth-order valence-corrected chi connectivity index (χ4v) is 1.75. The zero-order valence-corrected chi connectivity index (χ0v) is 13.0. The molecule has 1 atom stereocenters. The van der Waals surface area contributed by atoms with Gasteiger partial charge < -0.3 is 14.6 Å². The lowest BCUT2D eigenvalue weighted by molar-refractivity contribution is -0.168. The predicted molar refractivity (Wildman–Crippen MR) is 76.6 cm³/mol. The van der Waals surface area contributed by atoms with E-state index in [1.807, 2.05) is 12.1 Å². The maximum Gasteiger partial charge on any atom is 0.323 e. The monoisotopic (exact) mass is 344 g/mol. The van der Waals surface area contributed by atoms with Gasteiger partial charge in [0.15, 0.2) is 5.41 Å². The number of benzene rings is 1. The van der Waals surface area contributed by atoms with Crippen LogP contribution in [0.2, 0.25) is 0 Å². The number of esters is 1. The van der Waals surface area contributed by atoms with Crippen LogP contribution in [0.15, 0.2) is 28.7 Å². The van der Waals surface area contributed by atoms with Crippen LogP contribution in [0.5, 0.6) is 5.75 Å². The number of halogens is 1. The molecule has 5 nitrogen and oxygen atoms in total. The van der Waals surface area contributed by atoms with Gasteiger partial charge in [-0.3, -0.25) is 9.59 Å². The minimum atomic E-state index is -1.59. The van der Waals surface area contributed by atoms with Gasteiger partial charge in [0.1, 0.15) is 5.75 Å². The van der Waals surface area contributed by atoms with Crippen molar-refractivity contribution in [1.82, 2.24) is 0 Å². The summed E-state index contributed by atoms with van der Waals surface area (Å²) >= 11 is 3.31. The van der Waals surface area contributed by atoms with E-state index in [0.717, 1.165) is 4.47 Å². The highest BCUT2D eigenvalue weighted by Gasteiger charge is 2.42. The molecule has 0 amide bonds. The highest BCUT2D eigenvalue weighted by atomic mass is 79.9. The van der Waals surface area contributed by atoms with Crippen molar-refractivity contribution in [3.8, 4) is 5.75 Å². The van der Waals surface area contributed by atoms with Crippen LogP contribution in [-0.4, -0.2) is 30.3 Å². The molecule has 0 saturated heterocycles. The second kappa shape index (κ2) is 7.28. The summed E-state index contributed by atoms with van der Waals surface area (Å²) in [5, 5.41) is 9.20. The van der Waals surface area contributed by atoms with Crippen LogP contribution in [0, 0.1) is 5.41 Å². The molecule has 0 aromatic heterocycles. The summed E-state index contributed by atoms with van der Waals surface area (Å²) in [5.41, 5.74) is -1.59. The Morgan fingerprint density at radius 1 is 1.30 bits per heavy atom. The zero-order chi connectivity index (χ0) is 15.2. The summed E-state index contributed by atoms with van der Waals surface area (Å²) in [4.78, 5) is 23.0. The quantitative estimate of drug-likeness (QED) is 0.608. The predicted octanol–water partition coefficient (Wildman–Crippen LogP) is 2.87. The Kier molecular flexibility index (Phi) is 6.01. The van der Waals surface area contributed by atoms with E-state index in [1.54, 1.807) is 19.1 Å². The highest BCUT2D eigenvalue weighted by Crippen LogP contribution is 2.25. The van der Waals surface area contributed by atoms with Crippen molar-refractivity contribution in [2.75, 3.05) is 13.2 Å². The Bertz CT molecular complexity index is 471. The SMILES string of the molecule is CCOC(=O)C(C)(CCOc1ccc(Br)cc1)C(=O)O. The molecule has 0 fully saturated rings. The van der Waals surface area contributed by atoms with E-state index >= 15 is 0 Å². The van der Waals surface area contributed by atoms with E-state index in [4.69, 9.17) is 9.47 Å². The lowest BCUT2D eigenvalue weighted by Crippen LogP contribution is -2.39. The van der Waals surface area contributed by atoms with Crippen LogP contribution in [-0.2, 0) is 14.3 Å². The van der Waals surface area contributed by atoms with E-state index in [0.29, 0.717) is 5.75 Å². The standard InChI is InChI=1S/C14H17BrO5/c1-3-19-13(18)14(2,12(16)17)8-9-20-11-6-4-10(15)5-7-11/h4-7H,3,8-9H2,1-2H3,(H,16,17). The van der Waals surface area contributed by atoms with Crippen molar-refractivity contribution in [3.05, 3.63) is 28.7 Å². The van der Waals surface area contributed by atoms with E-state index < -0.39 is 17.4 Å². The van der Waals surface area contributed by atoms with Gasteiger partial charge in [0, 0.05) is 10.9 Å². The van der Waals surface area contributed by atoms with Crippen LogP contribution in [0.3, 0.4) is 0 Å². The second-order valence-electron chi connectivity index (χ2n) is 4.41. The lowest BCUT2D eigenvalue weighted by atomic mass is 9.87. The van der Waals surface area contributed by atoms with Crippen molar-refractivity contribution < 1.29 is 24.2 Å². The largest absolute Gasteiger partial charge is 0.494 e. The Hall–Kier alpha value is -1.56. The molecule has 0 aliphatic heterocycles. The van der Waals surface area contributed by atoms with Crippen molar-refractivity contribution in [1.29, 1.82) is 0 Å². The van der Waals surface area contributed by atoms with Gasteiger partial charge >= 0.3 is 11.9 Å². The molecule has 0 saturated carbocycles. The minimum Gasteiger partial charge on any atom is -0.494 e. The molecule has 1 rings (SSSR count). The highest BCUT2D eigenvalue weighted by molar-refractivity contribution is 9.10. The van der Waals surface area contributed by atoms with Gasteiger partial charge in [-0.05, 0) is 38.1 Å². The number of carboxylic acids is 1. The number of carbonyl (C=O) groups is 2. The molecule has 0 radical (unpaired) electrons. The molecule has 0 aliphatic carbocycles. The lowest BCUT2D eigenvalue weighted by Gasteiger charge is -2.22. The number of hydrogen-bond donors (Lipinski definition) is 1. The third-order valence-corrected chi connectivity index (χ3v) is 3.41. The molecule has 0 aliphatic rings. The number of hydrogen-bond acceptors (Lipinski definition) is 4. The Labute approximate surface area is 126 Å². The molecule has 1 aromatic rings. The van der Waals surface area contributed by atoms with Gasteiger partial charge in [-0.2, -0.15) is 0 Å². The first-order valence-corrected chi connectivity index (χ1v) is 6.98. The molecular weight excluding hydrogens is 328 g/mol. The average Bonchev–Trinajstić information content (AvgIpc) is 2.40. The number of rotatable bonds is 7. The van der Waals surface area contributed by atoms with Crippen molar-refractivity contribution >= 4 is 27.9 Å². The summed E-state index contributed by atoms with van der Waals surface area (Å²) in [6.45, 7) is 3.25. The first-order valence-electron chi connectivity index (χ1n) is 6.19. The summed E-state index contributed by atoms with van der Waals surface area (Å²) in [7, 11) is 0. The van der Waals surface area contributed by atoms with Gasteiger partial charge in [-0.1, -0.05) is 15.9 Å². The van der Waals surface area contributed by atoms with E-state index in [9.17, 15) is 14.7 Å². The smallest absolute Gasteiger partial charge is 0.323 e. The van der Waals surface area contributed by atoms with Crippen molar-refractivity contribution in [2.24, 2.45) is 5.41 Å². The number of carboxylic acid groups (broad SMARTS) is 1. The summed E-state index contributed by atoms with van der Waals surface area (Å²) in [6, 6.07) is 7.15. The zero-order valence-electron chi connectivity index (χ0n) is 11.4. The van der Waals surface area contributed by atoms with E-state index in [1.165, 1.54) is 6.92 Å². The third-order valence-electron chi connectivity index (χ3n) is 2.88. The number of carbonyl (C=O) groups excluding carboxylic acids is 1. The van der Waals surface area contributed by atoms with Crippen LogP contribution in [0.4, 0.5) is 0 Å². The van der Waals surface area contributed by atoms with Crippen LogP contribution in [0.25, 0.3) is 0 Å². The molecule has 0 bridgehead atoms. The second-order valence-corrected chi connectivity index (χ2v) is 5.33. The van der Waals surface area contributed by atoms with E-state index in [2.05, 4.69) is 15.9 Å². The number of aliphatic carboxylic acids is 1. The van der Waals surface area contributed by atoms with Crippen molar-refractivity contribution in [3.63, 3.8) is 0 Å². The molecule has 110 valence electrons. The maximum absolute atomic E-state index is 11.7. The molecule has 1 unspecified atom stereocenters. The van der Waals surface area contributed by atoms with Crippen LogP contribution in [0.1, 0.15) is 20.3 Å². The van der Waals surface area contributed by atoms with E-state index in [-0.39, 0.29) is 19.6 Å². The number of ether oxygens (including phenoxy) is 2. The van der Waals surface area contributed by atoms with Crippen LogP contribution < -0.4 is 4.74 Å². The average molecular weight is 345 g/mol. The summed E-state index contributed by atoms with van der Waals surface area (Å²) in [5.74, 6) is -1.34. The normalized spacial score (nSPS) is 13.3. The van der Waals surface area contributed by atoms with Gasteiger partial charge in [-0.15, -0.1) is 0 Å². The molecule has 0 heterocycles. The Morgan fingerprint density at radius 3 is 2.40 bits per heavy atom. The minimum absolute atomic E-state index is 0.0389. The Morgan fingerprint density at radius 2 is 1.90 bits per heavy atom. The molecule has 6 heteroatoms. The summed E-state index contributed by atoms with van der Waals surface area (Å²) in [6.07, 6.45) is 0.0389. The summed E-state index contributed by atoms with van der Waals surface area (Å²) < 4.78 is 11.2. The molecule has 0 spiro atoms. The Balaban J connectivity index is 2.61. The molecular formula is C14H17BrO5. The molecule has 1 N–H and O–H groups in total. The van der Waals surface area contributed by atoms with Crippen molar-refractivity contribution in [2.45, 2.75) is 20.3 Å². The maximum atomic E-state index is 11.7. The van der Waals surface area contributed by atoms with Gasteiger partial charge in [0.05, 0.1) is 13.2 Å². The van der Waals surface area contributed by atoms with Crippen LogP contribution >= 0.6 is 15.9 Å². The third kappa shape index (κ3) is 4.23. The fraction of sp³-hybridized carbons (Fsp3) is 0.429.